The van der Waals surface area contributed by atoms with Gasteiger partial charge in [-0.25, -0.2) is 0 Å². The van der Waals surface area contributed by atoms with E-state index in [0.717, 1.165) is 28.8 Å². The maximum Gasteiger partial charge on any atom is 0.0869 e. The SMILES string of the molecule is CCCC1CCC(CN)(C(O)c2ccc(C)cc2Br)CC1. The monoisotopic (exact) mass is 353 g/mol. The van der Waals surface area contributed by atoms with E-state index in [0.29, 0.717) is 6.54 Å². The number of halogens is 1. The number of benzene rings is 1. The van der Waals surface area contributed by atoms with E-state index >= 15 is 0 Å². The van der Waals surface area contributed by atoms with E-state index in [4.69, 9.17) is 5.73 Å². The Kier molecular flexibility index (Phi) is 5.87. The van der Waals surface area contributed by atoms with Gasteiger partial charge in [0.2, 0.25) is 0 Å². The minimum atomic E-state index is -0.472. The number of rotatable bonds is 5. The highest BCUT2D eigenvalue weighted by molar-refractivity contribution is 9.10. The van der Waals surface area contributed by atoms with Crippen LogP contribution in [0.25, 0.3) is 0 Å². The molecule has 1 aliphatic carbocycles. The molecule has 0 heterocycles. The fourth-order valence-electron chi connectivity index (χ4n) is 3.72. The van der Waals surface area contributed by atoms with Crippen molar-refractivity contribution in [2.24, 2.45) is 17.1 Å². The first-order valence-electron chi connectivity index (χ1n) is 8.16. The van der Waals surface area contributed by atoms with E-state index in [-0.39, 0.29) is 5.41 Å². The highest BCUT2D eigenvalue weighted by Gasteiger charge is 2.41. The summed E-state index contributed by atoms with van der Waals surface area (Å²) in [6.07, 6.45) is 6.57. The number of aliphatic hydroxyl groups excluding tert-OH is 1. The number of aliphatic hydroxyl groups is 1. The van der Waals surface area contributed by atoms with Gasteiger partial charge in [-0.1, -0.05) is 47.8 Å². The van der Waals surface area contributed by atoms with Crippen LogP contribution in [0.2, 0.25) is 0 Å². The van der Waals surface area contributed by atoms with Gasteiger partial charge in [0.05, 0.1) is 6.10 Å². The largest absolute Gasteiger partial charge is 0.388 e. The van der Waals surface area contributed by atoms with Gasteiger partial charge in [0, 0.05) is 16.4 Å². The molecule has 1 unspecified atom stereocenters. The molecular formula is C18H28BrNO. The molecular weight excluding hydrogens is 326 g/mol. The molecule has 1 aliphatic rings. The molecule has 1 fully saturated rings. The van der Waals surface area contributed by atoms with Crippen LogP contribution in [0.1, 0.15) is 62.7 Å². The van der Waals surface area contributed by atoms with E-state index in [1.807, 2.05) is 6.07 Å². The normalized spacial score (nSPS) is 27.6. The number of hydrogen-bond acceptors (Lipinski definition) is 2. The van der Waals surface area contributed by atoms with Crippen molar-refractivity contribution in [2.45, 2.75) is 58.5 Å². The van der Waals surface area contributed by atoms with E-state index in [1.165, 1.54) is 31.2 Å². The number of hydrogen-bond donors (Lipinski definition) is 2. The van der Waals surface area contributed by atoms with Gasteiger partial charge >= 0.3 is 0 Å². The number of aryl methyl sites for hydroxylation is 1. The Morgan fingerprint density at radius 3 is 2.57 bits per heavy atom. The first-order valence-corrected chi connectivity index (χ1v) is 8.96. The molecule has 118 valence electrons. The van der Waals surface area contributed by atoms with Crippen LogP contribution in [0.3, 0.4) is 0 Å². The lowest BCUT2D eigenvalue weighted by Gasteiger charge is -2.43. The van der Waals surface area contributed by atoms with Gasteiger partial charge in [0.1, 0.15) is 0 Å². The van der Waals surface area contributed by atoms with Gasteiger partial charge in [-0.3, -0.25) is 0 Å². The average Bonchev–Trinajstić information content (AvgIpc) is 2.48. The summed E-state index contributed by atoms with van der Waals surface area (Å²) in [4.78, 5) is 0. The van der Waals surface area contributed by atoms with Crippen LogP contribution >= 0.6 is 15.9 Å². The fourth-order valence-corrected chi connectivity index (χ4v) is 4.43. The third-order valence-electron chi connectivity index (χ3n) is 5.23. The summed E-state index contributed by atoms with van der Waals surface area (Å²) in [5.74, 6) is 0.823. The molecule has 3 N–H and O–H groups in total. The molecule has 0 radical (unpaired) electrons. The Bertz CT molecular complexity index is 466. The zero-order chi connectivity index (χ0) is 15.5. The molecule has 0 spiro atoms. The van der Waals surface area contributed by atoms with Crippen LogP contribution in [0.5, 0.6) is 0 Å². The zero-order valence-electron chi connectivity index (χ0n) is 13.2. The summed E-state index contributed by atoms with van der Waals surface area (Å²) in [6.45, 7) is 4.88. The zero-order valence-corrected chi connectivity index (χ0v) is 14.8. The first-order chi connectivity index (χ1) is 10.0. The lowest BCUT2D eigenvalue weighted by molar-refractivity contribution is -0.0112. The Balaban J connectivity index is 2.17. The smallest absolute Gasteiger partial charge is 0.0869 e. The van der Waals surface area contributed by atoms with Gasteiger partial charge < -0.3 is 10.8 Å². The Morgan fingerprint density at radius 1 is 1.38 bits per heavy atom. The first kappa shape index (κ1) is 17.0. The second-order valence-corrected chi connectivity index (χ2v) is 7.58. The van der Waals surface area contributed by atoms with Crippen LogP contribution < -0.4 is 5.73 Å². The highest BCUT2D eigenvalue weighted by Crippen LogP contribution is 2.48. The summed E-state index contributed by atoms with van der Waals surface area (Å²) < 4.78 is 0.999. The molecule has 1 aromatic rings. The van der Waals surface area contributed by atoms with Gasteiger partial charge in [0.15, 0.2) is 0 Å². The van der Waals surface area contributed by atoms with Crippen LogP contribution in [0.4, 0.5) is 0 Å². The van der Waals surface area contributed by atoms with Crippen LogP contribution in [0.15, 0.2) is 22.7 Å². The highest BCUT2D eigenvalue weighted by atomic mass is 79.9. The Hall–Kier alpha value is -0.380. The van der Waals surface area contributed by atoms with Gasteiger partial charge in [-0.15, -0.1) is 0 Å². The van der Waals surface area contributed by atoms with E-state index in [1.54, 1.807) is 0 Å². The standard InChI is InChI=1S/C18H28BrNO/c1-3-4-14-7-9-18(12-20,10-8-14)17(21)15-6-5-13(2)11-16(15)19/h5-6,11,14,17,21H,3-4,7-10,12,20H2,1-2H3. The van der Waals surface area contributed by atoms with Crippen LogP contribution in [-0.4, -0.2) is 11.7 Å². The summed E-state index contributed by atoms with van der Waals surface area (Å²) in [5, 5.41) is 11.0. The van der Waals surface area contributed by atoms with Crippen molar-refractivity contribution in [3.05, 3.63) is 33.8 Å². The van der Waals surface area contributed by atoms with E-state index in [2.05, 4.69) is 41.9 Å². The lowest BCUT2D eigenvalue weighted by atomic mass is 9.65. The maximum absolute atomic E-state index is 11.0. The second-order valence-electron chi connectivity index (χ2n) is 6.73. The molecule has 1 atom stereocenters. The average molecular weight is 354 g/mol. The van der Waals surface area contributed by atoms with E-state index in [9.17, 15) is 5.11 Å². The second kappa shape index (κ2) is 7.26. The van der Waals surface area contributed by atoms with Crippen molar-refractivity contribution in [3.8, 4) is 0 Å². The molecule has 0 bridgehead atoms. The van der Waals surface area contributed by atoms with Gasteiger partial charge in [-0.2, -0.15) is 0 Å². The molecule has 2 rings (SSSR count). The predicted molar refractivity (Wildman–Crippen MR) is 92.2 cm³/mol. The number of nitrogens with two attached hydrogens (primary N) is 1. The molecule has 1 saturated carbocycles. The van der Waals surface area contributed by atoms with Crippen molar-refractivity contribution < 1.29 is 5.11 Å². The molecule has 3 heteroatoms. The molecule has 0 amide bonds. The third-order valence-corrected chi connectivity index (χ3v) is 5.92. The molecule has 0 aliphatic heterocycles. The minimum Gasteiger partial charge on any atom is -0.388 e. The predicted octanol–water partition coefficient (Wildman–Crippen LogP) is 4.73. The van der Waals surface area contributed by atoms with Crippen molar-refractivity contribution >= 4 is 15.9 Å². The topological polar surface area (TPSA) is 46.2 Å². The van der Waals surface area contributed by atoms with Crippen molar-refractivity contribution in [3.63, 3.8) is 0 Å². The van der Waals surface area contributed by atoms with Crippen molar-refractivity contribution in [2.75, 3.05) is 6.54 Å². The molecule has 1 aromatic carbocycles. The lowest BCUT2D eigenvalue weighted by Crippen LogP contribution is -2.40. The summed E-state index contributed by atoms with van der Waals surface area (Å²) in [5.41, 5.74) is 8.14. The molecule has 21 heavy (non-hydrogen) atoms. The Labute approximate surface area is 137 Å². The maximum atomic E-state index is 11.0. The Morgan fingerprint density at radius 2 is 2.05 bits per heavy atom. The summed E-state index contributed by atoms with van der Waals surface area (Å²) >= 11 is 3.60. The molecule has 0 saturated heterocycles. The van der Waals surface area contributed by atoms with E-state index < -0.39 is 6.10 Å². The quantitative estimate of drug-likeness (QED) is 0.803. The minimum absolute atomic E-state index is 0.151. The third kappa shape index (κ3) is 3.69. The van der Waals surface area contributed by atoms with Crippen molar-refractivity contribution in [1.29, 1.82) is 0 Å². The summed E-state index contributed by atoms with van der Waals surface area (Å²) in [6, 6.07) is 6.18. The van der Waals surface area contributed by atoms with Crippen LogP contribution in [0, 0.1) is 18.3 Å². The fraction of sp³-hybridized carbons (Fsp3) is 0.667. The molecule has 2 nitrogen and oxygen atoms in total. The summed E-state index contributed by atoms with van der Waals surface area (Å²) in [7, 11) is 0. The van der Waals surface area contributed by atoms with Gasteiger partial charge in [0.25, 0.3) is 0 Å². The van der Waals surface area contributed by atoms with Crippen molar-refractivity contribution in [1.82, 2.24) is 0 Å². The van der Waals surface area contributed by atoms with Gasteiger partial charge in [-0.05, 0) is 55.7 Å². The molecule has 0 aromatic heterocycles. The van der Waals surface area contributed by atoms with Crippen LogP contribution in [-0.2, 0) is 0 Å².